The predicted octanol–water partition coefficient (Wildman–Crippen LogP) is 3.70. The molecule has 156 valence electrons. The van der Waals surface area contributed by atoms with Crippen molar-refractivity contribution < 1.29 is 14.3 Å². The monoisotopic (exact) mass is 396 g/mol. The van der Waals surface area contributed by atoms with Crippen LogP contribution in [-0.4, -0.2) is 35.9 Å². The van der Waals surface area contributed by atoms with E-state index in [0.717, 1.165) is 5.56 Å². The van der Waals surface area contributed by atoms with Crippen molar-refractivity contribution in [1.29, 1.82) is 0 Å². The van der Waals surface area contributed by atoms with Crippen molar-refractivity contribution in [2.75, 3.05) is 13.1 Å². The van der Waals surface area contributed by atoms with Gasteiger partial charge in [0.1, 0.15) is 5.75 Å². The molecule has 29 heavy (non-hydrogen) atoms. The van der Waals surface area contributed by atoms with E-state index in [4.69, 9.17) is 10.5 Å². The van der Waals surface area contributed by atoms with Crippen molar-refractivity contribution in [1.82, 2.24) is 4.90 Å². The summed E-state index contributed by atoms with van der Waals surface area (Å²) in [4.78, 5) is 25.8. The van der Waals surface area contributed by atoms with Gasteiger partial charge in [0.15, 0.2) is 6.10 Å². The highest BCUT2D eigenvalue weighted by Gasteiger charge is 2.23. The van der Waals surface area contributed by atoms with E-state index < -0.39 is 12.0 Å². The van der Waals surface area contributed by atoms with Gasteiger partial charge in [0.05, 0.1) is 0 Å². The summed E-state index contributed by atoms with van der Waals surface area (Å²) in [5.74, 6) is 0.0766. The van der Waals surface area contributed by atoms with Gasteiger partial charge in [-0.2, -0.15) is 0 Å². The van der Waals surface area contributed by atoms with Crippen LogP contribution >= 0.6 is 0 Å². The van der Waals surface area contributed by atoms with Crippen molar-refractivity contribution in [2.24, 2.45) is 5.73 Å². The number of nitrogens with zero attached hydrogens (tertiary/aromatic N) is 1. The molecule has 2 N–H and O–H groups in total. The second kappa shape index (κ2) is 10.1. The number of carbonyl (C=O) groups excluding carboxylic acids is 2. The summed E-state index contributed by atoms with van der Waals surface area (Å²) in [7, 11) is 0. The number of nitrogens with two attached hydrogens (primary N) is 1. The fourth-order valence-corrected chi connectivity index (χ4v) is 3.03. The van der Waals surface area contributed by atoms with Crippen LogP contribution in [0, 0.1) is 0 Å². The van der Waals surface area contributed by atoms with Crippen LogP contribution in [0.1, 0.15) is 45.2 Å². The van der Waals surface area contributed by atoms with Gasteiger partial charge < -0.3 is 15.4 Å². The third-order valence-corrected chi connectivity index (χ3v) is 4.83. The normalized spacial score (nSPS) is 12.3. The highest BCUT2D eigenvalue weighted by Crippen LogP contribution is 2.24. The standard InChI is InChI=1S/C24H32N2O3/c1-18(29-21-12-10-20(11-13-21)24(2,3)4)23(28)26(17-15-22(25)27)16-14-19-8-6-5-7-9-19/h5-13,18H,14-17H2,1-4H3,(H2,25,27). The van der Waals surface area contributed by atoms with Gasteiger partial charge in [0.25, 0.3) is 5.91 Å². The molecule has 2 amide bonds. The number of primary amides is 1. The Morgan fingerprint density at radius 1 is 1.00 bits per heavy atom. The predicted molar refractivity (Wildman–Crippen MR) is 116 cm³/mol. The minimum atomic E-state index is -0.654. The summed E-state index contributed by atoms with van der Waals surface area (Å²) in [6.45, 7) is 8.99. The fourth-order valence-electron chi connectivity index (χ4n) is 3.03. The van der Waals surface area contributed by atoms with Crippen LogP contribution in [-0.2, 0) is 21.4 Å². The molecule has 5 heteroatoms. The molecule has 0 fully saturated rings. The van der Waals surface area contributed by atoms with Crippen LogP contribution in [0.4, 0.5) is 0 Å². The Labute approximate surface area is 173 Å². The maximum absolute atomic E-state index is 13.0. The maximum Gasteiger partial charge on any atom is 0.263 e. The van der Waals surface area contributed by atoms with Crippen molar-refractivity contribution in [3.05, 3.63) is 65.7 Å². The van der Waals surface area contributed by atoms with Gasteiger partial charge in [-0.3, -0.25) is 9.59 Å². The summed E-state index contributed by atoms with van der Waals surface area (Å²) in [5, 5.41) is 0. The number of amides is 2. The molecule has 1 atom stereocenters. The number of hydrogen-bond donors (Lipinski definition) is 1. The largest absolute Gasteiger partial charge is 0.481 e. The highest BCUT2D eigenvalue weighted by molar-refractivity contribution is 5.82. The molecule has 2 aromatic carbocycles. The zero-order valence-electron chi connectivity index (χ0n) is 17.9. The maximum atomic E-state index is 13.0. The first-order valence-electron chi connectivity index (χ1n) is 10.0. The number of benzene rings is 2. The molecule has 0 saturated carbocycles. The van der Waals surface area contributed by atoms with E-state index in [1.807, 2.05) is 54.6 Å². The first kappa shape index (κ1) is 22.5. The van der Waals surface area contributed by atoms with E-state index in [1.54, 1.807) is 11.8 Å². The van der Waals surface area contributed by atoms with Crippen molar-refractivity contribution >= 4 is 11.8 Å². The lowest BCUT2D eigenvalue weighted by molar-refractivity contribution is -0.138. The molecule has 5 nitrogen and oxygen atoms in total. The van der Waals surface area contributed by atoms with Crippen LogP contribution in [0.2, 0.25) is 0 Å². The van der Waals surface area contributed by atoms with E-state index in [-0.39, 0.29) is 24.3 Å². The van der Waals surface area contributed by atoms with Gasteiger partial charge in [-0.05, 0) is 42.0 Å². The smallest absolute Gasteiger partial charge is 0.263 e. The lowest BCUT2D eigenvalue weighted by Crippen LogP contribution is -2.43. The van der Waals surface area contributed by atoms with E-state index in [2.05, 4.69) is 20.8 Å². The number of ether oxygens (including phenoxy) is 1. The highest BCUT2D eigenvalue weighted by atomic mass is 16.5. The first-order valence-corrected chi connectivity index (χ1v) is 10.0. The number of hydrogen-bond acceptors (Lipinski definition) is 3. The third kappa shape index (κ3) is 7.26. The Bertz CT molecular complexity index is 795. The van der Waals surface area contributed by atoms with Gasteiger partial charge >= 0.3 is 0 Å². The Kier molecular flexibility index (Phi) is 7.82. The van der Waals surface area contributed by atoms with Crippen LogP contribution in [0.15, 0.2) is 54.6 Å². The number of carbonyl (C=O) groups is 2. The van der Waals surface area contributed by atoms with Crippen LogP contribution < -0.4 is 10.5 Å². The topological polar surface area (TPSA) is 72.6 Å². The first-order chi connectivity index (χ1) is 13.7. The summed E-state index contributed by atoms with van der Waals surface area (Å²) in [6, 6.07) is 17.8. The minimum absolute atomic E-state index is 0.0585. The second-order valence-electron chi connectivity index (χ2n) is 8.31. The molecule has 0 bridgehead atoms. The average molecular weight is 397 g/mol. The number of rotatable bonds is 9. The lowest BCUT2D eigenvalue weighted by atomic mass is 9.87. The zero-order chi connectivity index (χ0) is 21.4. The molecule has 0 aromatic heterocycles. The molecule has 0 heterocycles. The Morgan fingerprint density at radius 3 is 2.17 bits per heavy atom. The molecular formula is C24H32N2O3. The van der Waals surface area contributed by atoms with E-state index in [9.17, 15) is 9.59 Å². The fraction of sp³-hybridized carbons (Fsp3) is 0.417. The van der Waals surface area contributed by atoms with Gasteiger partial charge in [0.2, 0.25) is 5.91 Å². The van der Waals surface area contributed by atoms with Crippen LogP contribution in [0.25, 0.3) is 0 Å². The molecule has 0 radical (unpaired) electrons. The summed E-state index contributed by atoms with van der Waals surface area (Å²) < 4.78 is 5.88. The van der Waals surface area contributed by atoms with Gasteiger partial charge in [-0.25, -0.2) is 0 Å². The molecule has 0 spiro atoms. The summed E-state index contributed by atoms with van der Waals surface area (Å²) in [6.07, 6.45) is 0.186. The lowest BCUT2D eigenvalue weighted by Gasteiger charge is -2.26. The molecular weight excluding hydrogens is 364 g/mol. The Hall–Kier alpha value is -2.82. The van der Waals surface area contributed by atoms with Crippen molar-refractivity contribution in [2.45, 2.75) is 52.1 Å². The molecule has 0 aliphatic heterocycles. The molecule has 0 aliphatic rings. The molecule has 1 unspecified atom stereocenters. The van der Waals surface area contributed by atoms with E-state index in [0.29, 0.717) is 18.7 Å². The average Bonchev–Trinajstić information content (AvgIpc) is 2.68. The van der Waals surface area contributed by atoms with Gasteiger partial charge in [-0.15, -0.1) is 0 Å². The van der Waals surface area contributed by atoms with E-state index >= 15 is 0 Å². The van der Waals surface area contributed by atoms with Crippen LogP contribution in [0.3, 0.4) is 0 Å². The zero-order valence-corrected chi connectivity index (χ0v) is 17.9. The second-order valence-corrected chi connectivity index (χ2v) is 8.31. The third-order valence-electron chi connectivity index (χ3n) is 4.83. The Balaban J connectivity index is 2.02. The van der Waals surface area contributed by atoms with Gasteiger partial charge in [0, 0.05) is 19.5 Å². The summed E-state index contributed by atoms with van der Waals surface area (Å²) >= 11 is 0. The molecule has 0 aliphatic carbocycles. The molecule has 2 rings (SSSR count). The summed E-state index contributed by atoms with van der Waals surface area (Å²) in [5.41, 5.74) is 7.69. The Morgan fingerprint density at radius 2 is 1.62 bits per heavy atom. The van der Waals surface area contributed by atoms with Gasteiger partial charge in [-0.1, -0.05) is 63.2 Å². The molecule has 2 aromatic rings. The quantitative estimate of drug-likeness (QED) is 0.702. The minimum Gasteiger partial charge on any atom is -0.481 e. The SMILES string of the molecule is CC(Oc1ccc(C(C)(C)C)cc1)C(=O)N(CCC(N)=O)CCc1ccccc1. The molecule has 0 saturated heterocycles. The van der Waals surface area contributed by atoms with E-state index in [1.165, 1.54) is 5.56 Å². The van der Waals surface area contributed by atoms with Crippen molar-refractivity contribution in [3.63, 3.8) is 0 Å². The van der Waals surface area contributed by atoms with Crippen molar-refractivity contribution in [3.8, 4) is 5.75 Å². The van der Waals surface area contributed by atoms with Crippen LogP contribution in [0.5, 0.6) is 5.75 Å².